The highest BCUT2D eigenvalue weighted by molar-refractivity contribution is 6.42. The van der Waals surface area contributed by atoms with Crippen molar-refractivity contribution in [1.29, 1.82) is 0 Å². The molecule has 0 heterocycles. The second-order valence-corrected chi connectivity index (χ2v) is 4.96. The van der Waals surface area contributed by atoms with Crippen LogP contribution in [0.3, 0.4) is 0 Å². The van der Waals surface area contributed by atoms with Crippen molar-refractivity contribution in [3.63, 3.8) is 0 Å². The van der Waals surface area contributed by atoms with Crippen molar-refractivity contribution in [2.45, 2.75) is 31.3 Å². The first-order valence-corrected chi connectivity index (χ1v) is 5.97. The van der Waals surface area contributed by atoms with Crippen molar-refractivity contribution >= 4 is 29.0 Å². The summed E-state index contributed by atoms with van der Waals surface area (Å²) in [7, 11) is 0. The number of benzene rings is 1. The van der Waals surface area contributed by atoms with Crippen LogP contribution in [0.1, 0.15) is 31.2 Å². The highest BCUT2D eigenvalue weighted by Crippen LogP contribution is 2.41. The Morgan fingerprint density at radius 1 is 1.19 bits per heavy atom. The van der Waals surface area contributed by atoms with E-state index < -0.39 is 5.60 Å². The second kappa shape index (κ2) is 4.36. The number of ketones is 1. The first-order chi connectivity index (χ1) is 7.53. The summed E-state index contributed by atoms with van der Waals surface area (Å²) < 4.78 is 0. The number of aliphatic hydroxyl groups is 1. The van der Waals surface area contributed by atoms with E-state index in [0.717, 1.165) is 0 Å². The SMILES string of the molecule is O=C1CCC(O)(c2cccc(Cl)c2Cl)CC1. The lowest BCUT2D eigenvalue weighted by Crippen LogP contribution is -2.31. The Hall–Kier alpha value is -0.570. The predicted octanol–water partition coefficient (Wildman–Crippen LogP) is 3.32. The number of carbonyl (C=O) groups is 1. The molecule has 2 nitrogen and oxygen atoms in total. The highest BCUT2D eigenvalue weighted by Gasteiger charge is 2.35. The minimum atomic E-state index is -1.00. The smallest absolute Gasteiger partial charge is 0.133 e. The number of halogens is 2. The van der Waals surface area contributed by atoms with E-state index in [-0.39, 0.29) is 5.78 Å². The molecule has 0 atom stereocenters. The normalized spacial score (nSPS) is 19.8. The summed E-state index contributed by atoms with van der Waals surface area (Å²) in [5.74, 6) is 0.197. The third kappa shape index (κ3) is 2.10. The Bertz CT molecular complexity index is 419. The van der Waals surface area contributed by atoms with Gasteiger partial charge in [0.15, 0.2) is 0 Å². The molecule has 1 N–H and O–H groups in total. The molecule has 16 heavy (non-hydrogen) atoms. The Kier molecular flexibility index (Phi) is 3.24. The van der Waals surface area contributed by atoms with E-state index in [2.05, 4.69) is 0 Å². The lowest BCUT2D eigenvalue weighted by Gasteiger charge is -2.32. The Labute approximate surface area is 104 Å². The molecule has 4 heteroatoms. The zero-order valence-corrected chi connectivity index (χ0v) is 10.2. The molecule has 0 aromatic heterocycles. The highest BCUT2D eigenvalue weighted by atomic mass is 35.5. The summed E-state index contributed by atoms with van der Waals surface area (Å²) in [6.45, 7) is 0. The average molecular weight is 259 g/mol. The molecule has 0 saturated heterocycles. The number of hydrogen-bond donors (Lipinski definition) is 1. The van der Waals surface area contributed by atoms with Crippen LogP contribution in [0.5, 0.6) is 0 Å². The minimum Gasteiger partial charge on any atom is -0.385 e. The summed E-state index contributed by atoms with van der Waals surface area (Å²) in [4.78, 5) is 11.2. The molecular formula is C12H12Cl2O2. The van der Waals surface area contributed by atoms with Crippen LogP contribution < -0.4 is 0 Å². The Morgan fingerprint density at radius 3 is 2.44 bits per heavy atom. The molecule has 1 fully saturated rings. The number of carbonyl (C=O) groups excluding carboxylic acids is 1. The number of Topliss-reactive ketones (excluding diaryl/α,β-unsaturated/α-hetero) is 1. The van der Waals surface area contributed by atoms with Gasteiger partial charge in [-0.2, -0.15) is 0 Å². The maximum atomic E-state index is 11.2. The van der Waals surface area contributed by atoms with Gasteiger partial charge in [0.05, 0.1) is 15.6 Å². The monoisotopic (exact) mass is 258 g/mol. The van der Waals surface area contributed by atoms with Crippen LogP contribution in [0.15, 0.2) is 18.2 Å². The zero-order chi connectivity index (χ0) is 11.8. The average Bonchev–Trinajstić information content (AvgIpc) is 2.27. The van der Waals surface area contributed by atoms with Gasteiger partial charge < -0.3 is 5.11 Å². The van der Waals surface area contributed by atoms with E-state index in [4.69, 9.17) is 23.2 Å². The molecule has 1 aliphatic carbocycles. The first kappa shape index (κ1) is 11.9. The molecule has 1 aliphatic rings. The van der Waals surface area contributed by atoms with Gasteiger partial charge >= 0.3 is 0 Å². The molecule has 0 spiro atoms. The molecule has 1 aromatic rings. The van der Waals surface area contributed by atoms with Gasteiger partial charge in [0, 0.05) is 18.4 Å². The molecule has 2 rings (SSSR count). The van der Waals surface area contributed by atoms with Gasteiger partial charge in [0.2, 0.25) is 0 Å². The van der Waals surface area contributed by atoms with E-state index in [1.165, 1.54) is 0 Å². The van der Waals surface area contributed by atoms with E-state index in [1.54, 1.807) is 18.2 Å². The summed E-state index contributed by atoms with van der Waals surface area (Å²) in [5, 5.41) is 11.3. The van der Waals surface area contributed by atoms with E-state index >= 15 is 0 Å². The van der Waals surface area contributed by atoms with E-state index in [9.17, 15) is 9.90 Å². The van der Waals surface area contributed by atoms with Gasteiger partial charge in [-0.25, -0.2) is 0 Å². The largest absolute Gasteiger partial charge is 0.385 e. The quantitative estimate of drug-likeness (QED) is 0.839. The number of rotatable bonds is 1. The van der Waals surface area contributed by atoms with Crippen molar-refractivity contribution in [1.82, 2.24) is 0 Å². The molecular weight excluding hydrogens is 247 g/mol. The summed E-state index contributed by atoms with van der Waals surface area (Å²) >= 11 is 12.0. The fourth-order valence-electron chi connectivity index (χ4n) is 2.07. The summed E-state index contributed by atoms with van der Waals surface area (Å²) in [5.41, 5.74) is -0.371. The van der Waals surface area contributed by atoms with Crippen molar-refractivity contribution in [2.75, 3.05) is 0 Å². The van der Waals surface area contributed by atoms with Crippen LogP contribution in [-0.4, -0.2) is 10.9 Å². The van der Waals surface area contributed by atoms with Gasteiger partial charge in [0.25, 0.3) is 0 Å². The molecule has 0 aliphatic heterocycles. The van der Waals surface area contributed by atoms with E-state index in [1.807, 2.05) is 0 Å². The molecule has 0 bridgehead atoms. The van der Waals surface area contributed by atoms with Crippen molar-refractivity contribution in [3.8, 4) is 0 Å². The van der Waals surface area contributed by atoms with Gasteiger partial charge in [-0.05, 0) is 18.9 Å². The summed E-state index contributed by atoms with van der Waals surface area (Å²) in [6.07, 6.45) is 1.65. The van der Waals surface area contributed by atoms with Gasteiger partial charge in [-0.3, -0.25) is 4.79 Å². The predicted molar refractivity (Wildman–Crippen MR) is 63.8 cm³/mol. The topological polar surface area (TPSA) is 37.3 Å². The van der Waals surface area contributed by atoms with Gasteiger partial charge in [0.1, 0.15) is 5.78 Å². The van der Waals surface area contributed by atoms with Gasteiger partial charge in [-0.15, -0.1) is 0 Å². The molecule has 0 unspecified atom stereocenters. The Morgan fingerprint density at radius 2 is 1.81 bits per heavy atom. The molecule has 0 radical (unpaired) electrons. The van der Waals surface area contributed by atoms with Crippen LogP contribution in [0.4, 0.5) is 0 Å². The lowest BCUT2D eigenvalue weighted by molar-refractivity contribution is -0.125. The second-order valence-electron chi connectivity index (χ2n) is 4.17. The van der Waals surface area contributed by atoms with Crippen molar-refractivity contribution in [2.24, 2.45) is 0 Å². The van der Waals surface area contributed by atoms with Crippen LogP contribution in [0, 0.1) is 0 Å². The molecule has 0 amide bonds. The van der Waals surface area contributed by atoms with Crippen LogP contribution in [-0.2, 0) is 10.4 Å². The molecule has 86 valence electrons. The van der Waals surface area contributed by atoms with E-state index in [0.29, 0.717) is 41.3 Å². The van der Waals surface area contributed by atoms with Crippen LogP contribution >= 0.6 is 23.2 Å². The first-order valence-electron chi connectivity index (χ1n) is 5.21. The molecule has 1 saturated carbocycles. The maximum absolute atomic E-state index is 11.2. The van der Waals surface area contributed by atoms with Gasteiger partial charge in [-0.1, -0.05) is 35.3 Å². The summed E-state index contributed by atoms with van der Waals surface area (Å²) in [6, 6.07) is 5.21. The fraction of sp³-hybridized carbons (Fsp3) is 0.417. The zero-order valence-electron chi connectivity index (χ0n) is 8.67. The minimum absolute atomic E-state index is 0.197. The third-order valence-corrected chi connectivity index (χ3v) is 3.91. The van der Waals surface area contributed by atoms with Crippen LogP contribution in [0.25, 0.3) is 0 Å². The fourth-order valence-corrected chi connectivity index (χ4v) is 2.55. The van der Waals surface area contributed by atoms with Crippen molar-refractivity contribution in [3.05, 3.63) is 33.8 Å². The number of hydrogen-bond acceptors (Lipinski definition) is 2. The third-order valence-electron chi connectivity index (χ3n) is 3.09. The van der Waals surface area contributed by atoms with Crippen LogP contribution in [0.2, 0.25) is 10.0 Å². The maximum Gasteiger partial charge on any atom is 0.133 e. The lowest BCUT2D eigenvalue weighted by atomic mass is 9.79. The van der Waals surface area contributed by atoms with Crippen molar-refractivity contribution < 1.29 is 9.90 Å². The molecule has 1 aromatic carbocycles. The Balaban J connectivity index is 2.36. The standard InChI is InChI=1S/C12H12Cl2O2/c13-10-3-1-2-9(11(10)14)12(16)6-4-8(15)5-7-12/h1-3,16H,4-7H2.